The normalized spacial score (nSPS) is 16.0. The molecule has 0 radical (unpaired) electrons. The summed E-state index contributed by atoms with van der Waals surface area (Å²) < 4.78 is 14.2. The SMILES string of the molecule is Cc1ccc(NCN2C(=O)/C(=C\c3ccccc3F)SC2=S)cc1Cl. The molecule has 0 atom stereocenters. The van der Waals surface area contributed by atoms with Crippen molar-refractivity contribution in [3.63, 3.8) is 0 Å². The average Bonchev–Trinajstić information content (AvgIpc) is 2.85. The summed E-state index contributed by atoms with van der Waals surface area (Å²) >= 11 is 12.5. The smallest absolute Gasteiger partial charge is 0.267 e. The van der Waals surface area contributed by atoms with Crippen molar-refractivity contribution < 1.29 is 9.18 Å². The number of hydrogen-bond acceptors (Lipinski definition) is 4. The minimum atomic E-state index is -0.375. The van der Waals surface area contributed by atoms with Crippen LogP contribution in [0.1, 0.15) is 11.1 Å². The van der Waals surface area contributed by atoms with Crippen molar-refractivity contribution >= 4 is 57.6 Å². The van der Waals surface area contributed by atoms with Crippen molar-refractivity contribution in [2.24, 2.45) is 0 Å². The molecule has 0 saturated carbocycles. The van der Waals surface area contributed by atoms with Gasteiger partial charge in [-0.2, -0.15) is 0 Å². The van der Waals surface area contributed by atoms with Crippen LogP contribution < -0.4 is 5.32 Å². The maximum atomic E-state index is 13.8. The summed E-state index contributed by atoms with van der Waals surface area (Å²) in [7, 11) is 0. The molecule has 1 fully saturated rings. The first-order valence-corrected chi connectivity index (χ1v) is 9.06. The molecular weight excluding hydrogens is 379 g/mol. The number of nitrogens with zero attached hydrogens (tertiary/aromatic N) is 1. The summed E-state index contributed by atoms with van der Waals surface area (Å²) in [5.74, 6) is -0.621. The van der Waals surface area contributed by atoms with Crippen LogP contribution in [0.3, 0.4) is 0 Å². The number of carbonyl (C=O) groups is 1. The second-order valence-corrected chi connectivity index (χ2v) is 7.51. The highest BCUT2D eigenvalue weighted by atomic mass is 35.5. The van der Waals surface area contributed by atoms with Crippen LogP contribution in [0.2, 0.25) is 5.02 Å². The van der Waals surface area contributed by atoms with E-state index in [-0.39, 0.29) is 18.4 Å². The number of anilines is 1. The van der Waals surface area contributed by atoms with Crippen LogP contribution >= 0.6 is 35.6 Å². The topological polar surface area (TPSA) is 32.3 Å². The summed E-state index contributed by atoms with van der Waals surface area (Å²) in [4.78, 5) is 14.4. The molecule has 1 heterocycles. The monoisotopic (exact) mass is 392 g/mol. The van der Waals surface area contributed by atoms with Gasteiger partial charge in [0, 0.05) is 16.3 Å². The van der Waals surface area contributed by atoms with Crippen molar-refractivity contribution in [1.29, 1.82) is 0 Å². The number of thiocarbonyl (C=S) groups is 1. The molecule has 0 unspecified atom stereocenters. The van der Waals surface area contributed by atoms with E-state index in [1.165, 1.54) is 17.0 Å². The number of benzene rings is 2. The number of aryl methyl sites for hydroxylation is 1. The number of amides is 1. The Labute approximate surface area is 159 Å². The summed E-state index contributed by atoms with van der Waals surface area (Å²) in [6.07, 6.45) is 1.53. The number of hydrogen-bond donors (Lipinski definition) is 1. The molecule has 25 heavy (non-hydrogen) atoms. The van der Waals surface area contributed by atoms with Crippen LogP contribution in [0.25, 0.3) is 6.08 Å². The number of halogens is 2. The van der Waals surface area contributed by atoms with Gasteiger partial charge in [-0.3, -0.25) is 9.69 Å². The maximum Gasteiger partial charge on any atom is 0.267 e. The Balaban J connectivity index is 1.73. The predicted octanol–water partition coefficient (Wildman–Crippen LogP) is 5.06. The van der Waals surface area contributed by atoms with E-state index in [1.807, 2.05) is 19.1 Å². The van der Waals surface area contributed by atoms with Crippen molar-refractivity contribution in [2.75, 3.05) is 12.0 Å². The van der Waals surface area contributed by atoms with Crippen molar-refractivity contribution in [3.05, 3.63) is 69.3 Å². The molecule has 0 bridgehead atoms. The highest BCUT2D eigenvalue weighted by Crippen LogP contribution is 2.33. The largest absolute Gasteiger partial charge is 0.367 e. The Morgan fingerprint density at radius 3 is 2.80 bits per heavy atom. The van der Waals surface area contributed by atoms with E-state index >= 15 is 0 Å². The van der Waals surface area contributed by atoms with Crippen molar-refractivity contribution in [1.82, 2.24) is 4.90 Å². The summed E-state index contributed by atoms with van der Waals surface area (Å²) in [5.41, 5.74) is 2.13. The third kappa shape index (κ3) is 4.03. The standard InChI is InChI=1S/C18H14ClFN2OS2/c1-11-6-7-13(9-14(11)19)21-10-22-17(23)16(25-18(22)24)8-12-4-2-3-5-15(12)20/h2-9,21H,10H2,1H3/b16-8+. The summed E-state index contributed by atoms with van der Waals surface area (Å²) in [6.45, 7) is 2.14. The van der Waals surface area contributed by atoms with Gasteiger partial charge in [0.05, 0.1) is 11.6 Å². The molecule has 1 aliphatic rings. The number of rotatable bonds is 4. The molecule has 1 saturated heterocycles. The molecule has 0 aliphatic carbocycles. The molecule has 1 aliphatic heterocycles. The third-order valence-corrected chi connectivity index (χ3v) is 5.46. The van der Waals surface area contributed by atoms with Gasteiger partial charge in [-0.1, -0.05) is 59.8 Å². The van der Waals surface area contributed by atoms with Crippen LogP contribution in [-0.4, -0.2) is 21.8 Å². The number of carbonyl (C=O) groups excluding carboxylic acids is 1. The maximum absolute atomic E-state index is 13.8. The zero-order valence-corrected chi connectivity index (χ0v) is 15.6. The van der Waals surface area contributed by atoms with Crippen LogP contribution in [0.15, 0.2) is 47.4 Å². The quantitative estimate of drug-likeness (QED) is 0.582. The van der Waals surface area contributed by atoms with E-state index in [4.69, 9.17) is 23.8 Å². The Kier molecular flexibility index (Phi) is 5.42. The van der Waals surface area contributed by atoms with Gasteiger partial charge in [-0.15, -0.1) is 0 Å². The van der Waals surface area contributed by atoms with Crippen molar-refractivity contribution in [3.8, 4) is 0 Å². The first-order chi connectivity index (χ1) is 12.0. The van der Waals surface area contributed by atoms with Crippen LogP contribution in [0.4, 0.5) is 10.1 Å². The van der Waals surface area contributed by atoms with Crippen LogP contribution in [-0.2, 0) is 4.79 Å². The Bertz CT molecular complexity index is 885. The van der Waals surface area contributed by atoms with Crippen LogP contribution in [0, 0.1) is 12.7 Å². The van der Waals surface area contributed by atoms with Crippen molar-refractivity contribution in [2.45, 2.75) is 6.92 Å². The van der Waals surface area contributed by atoms with Gasteiger partial charge in [0.25, 0.3) is 5.91 Å². The van der Waals surface area contributed by atoms with Crippen LogP contribution in [0.5, 0.6) is 0 Å². The second-order valence-electron chi connectivity index (χ2n) is 5.43. The number of nitrogens with one attached hydrogen (secondary N) is 1. The lowest BCUT2D eigenvalue weighted by molar-refractivity contribution is -0.121. The second kappa shape index (κ2) is 7.56. The Morgan fingerprint density at radius 1 is 1.32 bits per heavy atom. The number of thioether (sulfide) groups is 1. The fraction of sp³-hybridized carbons (Fsp3) is 0.111. The lowest BCUT2D eigenvalue weighted by Gasteiger charge is -2.16. The average molecular weight is 393 g/mol. The minimum absolute atomic E-state index is 0.221. The molecular formula is C18H14ClFN2OS2. The minimum Gasteiger partial charge on any atom is -0.367 e. The van der Waals surface area contributed by atoms with Gasteiger partial charge >= 0.3 is 0 Å². The zero-order chi connectivity index (χ0) is 18.0. The summed E-state index contributed by atoms with van der Waals surface area (Å²) in [6, 6.07) is 11.9. The molecule has 3 rings (SSSR count). The van der Waals surface area contributed by atoms with E-state index in [0.717, 1.165) is 23.0 Å². The zero-order valence-electron chi connectivity index (χ0n) is 13.3. The fourth-order valence-corrected chi connectivity index (χ4v) is 3.67. The summed E-state index contributed by atoms with van der Waals surface area (Å²) in [5, 5.41) is 3.78. The fourth-order valence-electron chi connectivity index (χ4n) is 2.24. The molecule has 0 spiro atoms. The molecule has 1 N–H and O–H groups in total. The molecule has 2 aromatic carbocycles. The first-order valence-electron chi connectivity index (χ1n) is 7.45. The lowest BCUT2D eigenvalue weighted by Crippen LogP contribution is -2.33. The van der Waals surface area contributed by atoms with Gasteiger partial charge in [-0.25, -0.2) is 4.39 Å². The highest BCUT2D eigenvalue weighted by Gasteiger charge is 2.31. The highest BCUT2D eigenvalue weighted by molar-refractivity contribution is 8.26. The molecule has 2 aromatic rings. The van der Waals surface area contributed by atoms with Gasteiger partial charge in [-0.05, 0) is 36.8 Å². The predicted molar refractivity (Wildman–Crippen MR) is 106 cm³/mol. The Morgan fingerprint density at radius 2 is 2.08 bits per heavy atom. The molecule has 128 valence electrons. The van der Waals surface area contributed by atoms with Gasteiger partial charge < -0.3 is 5.32 Å². The van der Waals surface area contributed by atoms with E-state index in [1.54, 1.807) is 24.3 Å². The lowest BCUT2D eigenvalue weighted by atomic mass is 10.2. The molecule has 0 aromatic heterocycles. The van der Waals surface area contributed by atoms with Gasteiger partial charge in [0.2, 0.25) is 0 Å². The van der Waals surface area contributed by atoms with E-state index in [2.05, 4.69) is 5.32 Å². The molecule has 7 heteroatoms. The van der Waals surface area contributed by atoms with E-state index < -0.39 is 0 Å². The first kappa shape index (κ1) is 17.9. The van der Waals surface area contributed by atoms with Gasteiger partial charge in [0.15, 0.2) is 0 Å². The van der Waals surface area contributed by atoms with E-state index in [0.29, 0.717) is 19.8 Å². The Hall–Kier alpha value is -1.89. The molecule has 3 nitrogen and oxygen atoms in total. The third-order valence-electron chi connectivity index (χ3n) is 3.68. The van der Waals surface area contributed by atoms with Gasteiger partial charge in [0.1, 0.15) is 10.1 Å². The molecule has 1 amide bonds. The van der Waals surface area contributed by atoms with E-state index in [9.17, 15) is 9.18 Å².